The normalized spacial score (nSPS) is 23.4. The number of hydrogen-bond acceptors (Lipinski definition) is 7. The smallest absolute Gasteiger partial charge is 0.453 e. The summed E-state index contributed by atoms with van der Waals surface area (Å²) in [6.45, 7) is 1.45. The second kappa shape index (κ2) is 11.0. The SMILES string of the molecule is COc1ccc(-n2nnnc2C(F)(F)F)cc1N(C)[C@H]1CC[C@H](CN2CCC[C@H]2C(N)=O)[C@H]1c1ccc(F)cc1. The number of alkyl halides is 3. The van der Waals surface area contributed by atoms with E-state index in [1.165, 1.54) is 25.3 Å². The molecule has 4 atom stereocenters. The molecule has 1 aliphatic carbocycles. The fourth-order valence-electron chi connectivity index (χ4n) is 6.35. The van der Waals surface area contributed by atoms with Crippen molar-refractivity contribution in [3.8, 4) is 11.4 Å². The molecule has 1 saturated heterocycles. The Morgan fingerprint density at radius 2 is 1.90 bits per heavy atom. The first-order chi connectivity index (χ1) is 19.1. The molecule has 0 spiro atoms. The number of nitrogens with zero attached hydrogens (tertiary/aromatic N) is 6. The van der Waals surface area contributed by atoms with Gasteiger partial charge in [0.2, 0.25) is 5.91 Å². The summed E-state index contributed by atoms with van der Waals surface area (Å²) in [5, 5.41) is 9.95. The predicted octanol–water partition coefficient (Wildman–Crippen LogP) is 3.78. The molecule has 1 aliphatic heterocycles. The Morgan fingerprint density at radius 1 is 1.15 bits per heavy atom. The number of rotatable bonds is 8. The number of likely N-dealkylation sites (N-methyl/N-ethyl adjacent to an activating group) is 1. The Hall–Kier alpha value is -3.74. The molecule has 5 rings (SSSR count). The van der Waals surface area contributed by atoms with Crippen molar-refractivity contribution < 1.29 is 27.1 Å². The molecule has 0 bridgehead atoms. The number of anilines is 1. The van der Waals surface area contributed by atoms with Gasteiger partial charge in [-0.1, -0.05) is 12.1 Å². The highest BCUT2D eigenvalue weighted by atomic mass is 19.4. The van der Waals surface area contributed by atoms with E-state index >= 15 is 0 Å². The number of likely N-dealkylation sites (tertiary alicyclic amines) is 1. The molecule has 214 valence electrons. The number of carbonyl (C=O) groups excluding carboxylic acids is 1. The largest absolute Gasteiger partial charge is 0.495 e. The van der Waals surface area contributed by atoms with Crippen molar-refractivity contribution >= 4 is 11.6 Å². The minimum atomic E-state index is -4.74. The Balaban J connectivity index is 1.50. The molecule has 1 saturated carbocycles. The topological polar surface area (TPSA) is 102 Å². The predicted molar refractivity (Wildman–Crippen MR) is 139 cm³/mol. The van der Waals surface area contributed by atoms with E-state index in [-0.39, 0.29) is 41.3 Å². The van der Waals surface area contributed by atoms with E-state index in [4.69, 9.17) is 10.5 Å². The second-order valence-corrected chi connectivity index (χ2v) is 10.4. The highest BCUT2D eigenvalue weighted by molar-refractivity contribution is 5.80. The number of aromatic nitrogens is 4. The Bertz CT molecular complexity index is 1350. The van der Waals surface area contributed by atoms with Crippen LogP contribution in [0.3, 0.4) is 0 Å². The van der Waals surface area contributed by atoms with Crippen molar-refractivity contribution in [3.63, 3.8) is 0 Å². The van der Waals surface area contributed by atoms with Gasteiger partial charge in [0.25, 0.3) is 5.82 Å². The van der Waals surface area contributed by atoms with Crippen molar-refractivity contribution in [2.75, 3.05) is 32.1 Å². The zero-order valence-electron chi connectivity index (χ0n) is 22.2. The monoisotopic (exact) mass is 561 g/mol. The lowest BCUT2D eigenvalue weighted by molar-refractivity contribution is -0.146. The van der Waals surface area contributed by atoms with Crippen LogP contribution in [0.25, 0.3) is 5.69 Å². The molecule has 3 aromatic rings. The molecule has 13 heteroatoms. The van der Waals surface area contributed by atoms with Crippen molar-refractivity contribution in [3.05, 3.63) is 59.7 Å². The van der Waals surface area contributed by atoms with Crippen molar-refractivity contribution in [2.24, 2.45) is 11.7 Å². The molecular weight excluding hydrogens is 530 g/mol. The van der Waals surface area contributed by atoms with Crippen molar-refractivity contribution in [1.29, 1.82) is 0 Å². The highest BCUT2D eigenvalue weighted by Crippen LogP contribution is 2.46. The Kier molecular flexibility index (Phi) is 7.67. The van der Waals surface area contributed by atoms with Gasteiger partial charge in [-0.15, -0.1) is 5.10 Å². The Labute approximate surface area is 228 Å². The van der Waals surface area contributed by atoms with Gasteiger partial charge in [0.05, 0.1) is 24.5 Å². The van der Waals surface area contributed by atoms with Gasteiger partial charge >= 0.3 is 6.18 Å². The van der Waals surface area contributed by atoms with Crippen molar-refractivity contribution in [2.45, 2.75) is 49.9 Å². The van der Waals surface area contributed by atoms with Gasteiger partial charge < -0.3 is 15.4 Å². The summed E-state index contributed by atoms with van der Waals surface area (Å²) in [4.78, 5) is 16.2. The van der Waals surface area contributed by atoms with Crippen LogP contribution in [0.4, 0.5) is 23.2 Å². The van der Waals surface area contributed by atoms with E-state index in [9.17, 15) is 22.4 Å². The average molecular weight is 562 g/mol. The van der Waals surface area contributed by atoms with Gasteiger partial charge in [-0.25, -0.2) is 4.39 Å². The van der Waals surface area contributed by atoms with E-state index in [0.29, 0.717) is 22.7 Å². The number of ether oxygens (including phenoxy) is 1. The van der Waals surface area contributed by atoms with Gasteiger partial charge in [-0.3, -0.25) is 9.69 Å². The molecule has 2 fully saturated rings. The lowest BCUT2D eigenvalue weighted by atomic mass is 9.85. The molecule has 2 aliphatic rings. The van der Waals surface area contributed by atoms with Crippen molar-refractivity contribution in [1.82, 2.24) is 25.1 Å². The zero-order chi connectivity index (χ0) is 28.6. The van der Waals surface area contributed by atoms with Crippen LogP contribution in [0, 0.1) is 11.7 Å². The number of carbonyl (C=O) groups is 1. The number of amides is 1. The Morgan fingerprint density at radius 3 is 2.58 bits per heavy atom. The number of halogens is 4. The zero-order valence-corrected chi connectivity index (χ0v) is 22.2. The number of benzene rings is 2. The molecule has 2 heterocycles. The van der Waals surface area contributed by atoms with E-state index < -0.39 is 12.0 Å². The van der Waals surface area contributed by atoms with Crippen LogP contribution < -0.4 is 15.4 Å². The van der Waals surface area contributed by atoms with E-state index in [1.807, 2.05) is 11.9 Å². The van der Waals surface area contributed by atoms with E-state index in [0.717, 1.165) is 37.8 Å². The maximum atomic E-state index is 13.9. The molecule has 1 aromatic heterocycles. The summed E-state index contributed by atoms with van der Waals surface area (Å²) < 4.78 is 60.7. The molecule has 9 nitrogen and oxygen atoms in total. The van der Waals surface area contributed by atoms with Crippen LogP contribution in [0.1, 0.15) is 43.0 Å². The van der Waals surface area contributed by atoms with Gasteiger partial charge in [-0.05, 0) is 84.5 Å². The summed E-state index contributed by atoms with van der Waals surface area (Å²) >= 11 is 0. The first-order valence-electron chi connectivity index (χ1n) is 13.1. The quantitative estimate of drug-likeness (QED) is 0.418. The summed E-state index contributed by atoms with van der Waals surface area (Å²) in [5.74, 6) is -1.33. The molecule has 0 unspecified atom stereocenters. The average Bonchev–Trinajstić information content (AvgIpc) is 3.68. The second-order valence-electron chi connectivity index (χ2n) is 10.4. The summed E-state index contributed by atoms with van der Waals surface area (Å²) in [6, 6.07) is 10.6. The summed E-state index contributed by atoms with van der Waals surface area (Å²) in [5.41, 5.74) is 7.32. The standard InChI is InChI=1S/C27H31F4N7O2/c1-36(22-14-19(10-12-23(22)40-2)38-26(27(29,30)31)33-34-35-38)20-11-7-17(15-37-13-3-4-21(37)25(32)39)24(20)16-5-8-18(28)9-6-16/h5-6,8-10,12,14,17,20-21,24H,3-4,7,11,13,15H2,1-2H3,(H2,32,39)/t17-,20+,21+,24-/m1/s1. The number of methoxy groups -OCH3 is 1. The minimum absolute atomic E-state index is 0.0492. The molecular formula is C27H31F4N7O2. The van der Waals surface area contributed by atoms with Crippen LogP contribution in [-0.4, -0.2) is 70.3 Å². The van der Waals surface area contributed by atoms with Crippen LogP contribution >= 0.6 is 0 Å². The summed E-state index contributed by atoms with van der Waals surface area (Å²) in [6.07, 6.45) is -1.50. The van der Waals surface area contributed by atoms with Gasteiger partial charge in [0, 0.05) is 25.6 Å². The molecule has 0 radical (unpaired) electrons. The fraction of sp³-hybridized carbons (Fsp3) is 0.481. The van der Waals surface area contributed by atoms with Gasteiger partial charge in [0.15, 0.2) is 0 Å². The maximum absolute atomic E-state index is 13.9. The molecule has 40 heavy (non-hydrogen) atoms. The third kappa shape index (κ3) is 5.34. The molecule has 2 aromatic carbocycles. The third-order valence-electron chi connectivity index (χ3n) is 8.18. The van der Waals surface area contributed by atoms with Crippen LogP contribution in [-0.2, 0) is 11.0 Å². The number of hydrogen-bond donors (Lipinski definition) is 1. The first-order valence-corrected chi connectivity index (χ1v) is 13.1. The molecule has 1 amide bonds. The van der Waals surface area contributed by atoms with E-state index in [2.05, 4.69) is 20.4 Å². The van der Waals surface area contributed by atoms with E-state index in [1.54, 1.807) is 24.3 Å². The maximum Gasteiger partial charge on any atom is 0.453 e. The lowest BCUT2D eigenvalue weighted by Crippen LogP contribution is -2.44. The fourth-order valence-corrected chi connectivity index (χ4v) is 6.35. The third-order valence-corrected chi connectivity index (χ3v) is 8.18. The van der Waals surface area contributed by atoms with Crippen LogP contribution in [0.5, 0.6) is 5.75 Å². The first kappa shape index (κ1) is 27.8. The number of tetrazole rings is 1. The number of primary amides is 1. The highest BCUT2D eigenvalue weighted by Gasteiger charge is 2.43. The van der Waals surface area contributed by atoms with Gasteiger partial charge in [0.1, 0.15) is 11.6 Å². The van der Waals surface area contributed by atoms with Gasteiger partial charge in [-0.2, -0.15) is 17.9 Å². The van der Waals surface area contributed by atoms with Crippen LogP contribution in [0.15, 0.2) is 42.5 Å². The number of nitrogens with two attached hydrogens (primary N) is 1. The lowest BCUT2D eigenvalue weighted by Gasteiger charge is -2.36. The summed E-state index contributed by atoms with van der Waals surface area (Å²) in [7, 11) is 3.37. The minimum Gasteiger partial charge on any atom is -0.495 e. The molecule has 2 N–H and O–H groups in total. The van der Waals surface area contributed by atoms with Crippen LogP contribution in [0.2, 0.25) is 0 Å².